The largest absolute Gasteiger partial charge is 0.379 e. The van der Waals surface area contributed by atoms with Crippen molar-refractivity contribution in [2.45, 2.75) is 0 Å². The SMILES string of the molecule is BN1CCOCCN(S)CCOCC1. The summed E-state index contributed by atoms with van der Waals surface area (Å²) in [4.78, 5) is 2.22. The Hall–Kier alpha value is 0.255. The van der Waals surface area contributed by atoms with E-state index in [4.69, 9.17) is 9.47 Å². The molecular formula is C8H19BN2O2S. The molecular weight excluding hydrogens is 199 g/mol. The van der Waals surface area contributed by atoms with Crippen molar-refractivity contribution in [3.05, 3.63) is 0 Å². The first-order valence-corrected chi connectivity index (χ1v) is 5.47. The second-order valence-corrected chi connectivity index (χ2v) is 4.05. The first-order valence-electron chi connectivity index (χ1n) is 5.07. The lowest BCUT2D eigenvalue weighted by Crippen LogP contribution is -2.31. The first-order chi connectivity index (χ1) is 6.79. The highest BCUT2D eigenvalue weighted by molar-refractivity contribution is 7.77. The third kappa shape index (κ3) is 5.88. The highest BCUT2D eigenvalue weighted by atomic mass is 32.1. The molecule has 0 aromatic rings. The average Bonchev–Trinajstić information content (AvgIpc) is 2.14. The van der Waals surface area contributed by atoms with Crippen LogP contribution in [0.15, 0.2) is 0 Å². The van der Waals surface area contributed by atoms with Crippen LogP contribution in [-0.2, 0) is 9.47 Å². The Balaban J connectivity index is 2.19. The fourth-order valence-corrected chi connectivity index (χ4v) is 1.37. The molecule has 6 heteroatoms. The van der Waals surface area contributed by atoms with Crippen LogP contribution in [0.2, 0.25) is 0 Å². The maximum atomic E-state index is 5.47. The van der Waals surface area contributed by atoms with Crippen LogP contribution in [0.1, 0.15) is 0 Å². The van der Waals surface area contributed by atoms with Crippen molar-refractivity contribution in [3.8, 4) is 0 Å². The van der Waals surface area contributed by atoms with Gasteiger partial charge < -0.3 is 14.3 Å². The highest BCUT2D eigenvalue weighted by Gasteiger charge is 2.03. The lowest BCUT2D eigenvalue weighted by molar-refractivity contribution is 0.0761. The molecule has 1 fully saturated rings. The second kappa shape index (κ2) is 7.53. The van der Waals surface area contributed by atoms with E-state index in [1.165, 1.54) is 0 Å². The Morgan fingerprint density at radius 2 is 1.29 bits per heavy atom. The van der Waals surface area contributed by atoms with Crippen LogP contribution in [0.25, 0.3) is 0 Å². The fourth-order valence-electron chi connectivity index (χ4n) is 1.21. The van der Waals surface area contributed by atoms with Crippen LogP contribution in [0.5, 0.6) is 0 Å². The molecule has 4 nitrogen and oxygen atoms in total. The van der Waals surface area contributed by atoms with E-state index in [1.54, 1.807) is 0 Å². The van der Waals surface area contributed by atoms with Crippen molar-refractivity contribution in [3.63, 3.8) is 0 Å². The van der Waals surface area contributed by atoms with Crippen molar-refractivity contribution < 1.29 is 9.47 Å². The first kappa shape index (κ1) is 12.3. The summed E-state index contributed by atoms with van der Waals surface area (Å²) in [6.45, 7) is 6.73. The molecule has 0 bridgehead atoms. The smallest absolute Gasteiger partial charge is 0.185 e. The highest BCUT2D eigenvalue weighted by Crippen LogP contribution is 1.94. The molecule has 0 aliphatic carbocycles. The predicted molar refractivity (Wildman–Crippen MR) is 62.3 cm³/mol. The third-order valence-electron chi connectivity index (χ3n) is 2.22. The maximum Gasteiger partial charge on any atom is 0.185 e. The molecule has 0 saturated carbocycles. The van der Waals surface area contributed by atoms with Crippen LogP contribution in [0.3, 0.4) is 0 Å². The summed E-state index contributed by atoms with van der Waals surface area (Å²) in [5, 5.41) is 0. The minimum atomic E-state index is 0.747. The van der Waals surface area contributed by atoms with E-state index < -0.39 is 0 Å². The molecule has 1 aliphatic rings. The molecule has 0 unspecified atom stereocenters. The quantitative estimate of drug-likeness (QED) is 0.418. The van der Waals surface area contributed by atoms with Gasteiger partial charge in [0, 0.05) is 26.2 Å². The molecule has 0 radical (unpaired) electrons. The molecule has 0 aromatic carbocycles. The predicted octanol–water partition coefficient (Wildman–Crippen LogP) is -0.970. The van der Waals surface area contributed by atoms with Crippen molar-refractivity contribution in [1.82, 2.24) is 9.12 Å². The second-order valence-electron chi connectivity index (χ2n) is 3.48. The number of hydrogen-bond acceptors (Lipinski definition) is 5. The molecule has 82 valence electrons. The maximum absolute atomic E-state index is 5.47. The summed E-state index contributed by atoms with van der Waals surface area (Å²) in [5.74, 6) is 0. The number of ether oxygens (including phenoxy) is 2. The van der Waals surface area contributed by atoms with Gasteiger partial charge in [0.2, 0.25) is 0 Å². The lowest BCUT2D eigenvalue weighted by atomic mass is 10.3. The van der Waals surface area contributed by atoms with E-state index in [1.807, 2.05) is 4.31 Å². The van der Waals surface area contributed by atoms with Crippen LogP contribution < -0.4 is 0 Å². The van der Waals surface area contributed by atoms with E-state index in [0.29, 0.717) is 0 Å². The van der Waals surface area contributed by atoms with Crippen molar-refractivity contribution in [2.75, 3.05) is 52.6 Å². The van der Waals surface area contributed by atoms with Crippen molar-refractivity contribution >= 4 is 20.8 Å². The molecule has 1 aliphatic heterocycles. The van der Waals surface area contributed by atoms with E-state index in [2.05, 4.69) is 25.6 Å². The van der Waals surface area contributed by atoms with Crippen LogP contribution in [0.4, 0.5) is 0 Å². The Labute approximate surface area is 92.5 Å². The summed E-state index contributed by atoms with van der Waals surface area (Å²) < 4.78 is 12.9. The Kier molecular flexibility index (Phi) is 6.63. The van der Waals surface area contributed by atoms with Gasteiger partial charge in [0.05, 0.1) is 26.4 Å². The molecule has 14 heavy (non-hydrogen) atoms. The molecule has 0 aromatic heterocycles. The fraction of sp³-hybridized carbons (Fsp3) is 1.00. The van der Waals surface area contributed by atoms with Gasteiger partial charge in [-0.15, -0.1) is 0 Å². The monoisotopic (exact) mass is 218 g/mol. The summed E-state index contributed by atoms with van der Waals surface area (Å²) in [5.41, 5.74) is 0. The van der Waals surface area contributed by atoms with Gasteiger partial charge >= 0.3 is 0 Å². The van der Waals surface area contributed by atoms with E-state index in [-0.39, 0.29) is 0 Å². The van der Waals surface area contributed by atoms with Crippen molar-refractivity contribution in [2.24, 2.45) is 0 Å². The number of hydrogen-bond donors (Lipinski definition) is 1. The van der Waals surface area contributed by atoms with Crippen LogP contribution in [0, 0.1) is 0 Å². The molecule has 0 N–H and O–H groups in total. The minimum absolute atomic E-state index is 0.747. The molecule has 1 rings (SSSR count). The van der Waals surface area contributed by atoms with Gasteiger partial charge in [-0.3, -0.25) is 0 Å². The van der Waals surface area contributed by atoms with Crippen molar-refractivity contribution in [1.29, 1.82) is 0 Å². The zero-order chi connectivity index (χ0) is 10.2. The summed E-state index contributed by atoms with van der Waals surface area (Å²) in [6, 6.07) is 0. The number of nitrogens with zero attached hydrogens (tertiary/aromatic N) is 2. The molecule has 1 heterocycles. The van der Waals surface area contributed by atoms with Gasteiger partial charge in [0.1, 0.15) is 0 Å². The molecule has 0 amide bonds. The third-order valence-corrected chi connectivity index (χ3v) is 2.62. The summed E-state index contributed by atoms with van der Waals surface area (Å²) in [6.07, 6.45) is 0. The van der Waals surface area contributed by atoms with E-state index in [9.17, 15) is 0 Å². The van der Waals surface area contributed by atoms with Gasteiger partial charge in [-0.25, -0.2) is 4.31 Å². The van der Waals surface area contributed by atoms with Gasteiger partial charge in [-0.1, -0.05) is 12.8 Å². The van der Waals surface area contributed by atoms with E-state index in [0.717, 1.165) is 52.6 Å². The zero-order valence-corrected chi connectivity index (χ0v) is 9.71. The van der Waals surface area contributed by atoms with Gasteiger partial charge in [0.15, 0.2) is 7.98 Å². The standard InChI is InChI=1S/C8H19BN2O2S/c9-10-1-5-12-7-3-11(14)4-8-13-6-2-10/h14H,1-9H2. The molecule has 0 atom stereocenters. The van der Waals surface area contributed by atoms with E-state index >= 15 is 0 Å². The molecule has 1 saturated heterocycles. The number of rotatable bonds is 0. The average molecular weight is 218 g/mol. The molecule has 0 spiro atoms. The normalized spacial score (nSPS) is 25.2. The summed E-state index contributed by atoms with van der Waals surface area (Å²) in [7, 11) is 2.09. The van der Waals surface area contributed by atoms with Crippen LogP contribution in [-0.4, -0.2) is 69.7 Å². The zero-order valence-electron chi connectivity index (χ0n) is 8.81. The lowest BCUT2D eigenvalue weighted by Gasteiger charge is -2.20. The summed E-state index contributed by atoms with van der Waals surface area (Å²) >= 11 is 4.30. The Morgan fingerprint density at radius 3 is 1.79 bits per heavy atom. The van der Waals surface area contributed by atoms with Crippen LogP contribution >= 0.6 is 12.8 Å². The topological polar surface area (TPSA) is 24.9 Å². The number of thiol groups is 1. The Bertz CT molecular complexity index is 125. The van der Waals surface area contributed by atoms with Gasteiger partial charge in [0.25, 0.3) is 0 Å². The minimum Gasteiger partial charge on any atom is -0.379 e. The van der Waals surface area contributed by atoms with Gasteiger partial charge in [-0.2, -0.15) is 0 Å². The van der Waals surface area contributed by atoms with Gasteiger partial charge in [-0.05, 0) is 0 Å². The Morgan fingerprint density at radius 1 is 0.857 bits per heavy atom.